The highest BCUT2D eigenvalue weighted by Gasteiger charge is 2.28. The fourth-order valence-corrected chi connectivity index (χ4v) is 3.50. The van der Waals surface area contributed by atoms with E-state index in [2.05, 4.69) is 15.0 Å². The lowest BCUT2D eigenvalue weighted by molar-refractivity contribution is 0.0615. The van der Waals surface area contributed by atoms with Crippen molar-refractivity contribution in [2.45, 2.75) is 27.0 Å². The first kappa shape index (κ1) is 20.1. The summed E-state index contributed by atoms with van der Waals surface area (Å²) >= 11 is 0. The van der Waals surface area contributed by atoms with Crippen LogP contribution < -0.4 is 4.74 Å². The zero-order valence-electron chi connectivity index (χ0n) is 17.4. The Morgan fingerprint density at radius 1 is 1.07 bits per heavy atom. The zero-order chi connectivity index (χ0) is 20.9. The predicted octanol–water partition coefficient (Wildman–Crippen LogP) is 3.22. The maximum absolute atomic E-state index is 13.1. The number of pyridine rings is 1. The summed E-state index contributed by atoms with van der Waals surface area (Å²) in [4.78, 5) is 21.6. The predicted molar refractivity (Wildman–Crippen MR) is 112 cm³/mol. The van der Waals surface area contributed by atoms with Crippen LogP contribution >= 0.6 is 0 Å². The summed E-state index contributed by atoms with van der Waals surface area (Å²) in [6, 6.07) is 13.8. The van der Waals surface area contributed by atoms with Gasteiger partial charge in [0.05, 0.1) is 11.3 Å². The molecule has 3 heterocycles. The lowest BCUT2D eigenvalue weighted by Gasteiger charge is -2.34. The number of hydrogen-bond donors (Lipinski definition) is 0. The molecule has 0 radical (unpaired) electrons. The number of carbonyl (C=O) groups is 1. The minimum atomic E-state index is -0.105. The van der Waals surface area contributed by atoms with Crippen LogP contribution in [0.3, 0.4) is 0 Å². The zero-order valence-corrected chi connectivity index (χ0v) is 17.4. The standard InChI is InChI=1S/C23H26N4O3/c1-17-6-8-20(9-7-17)29-16-21-18(2)30-25-22(21)23(28)27-13-11-26(12-14-27)15-19-5-3-4-10-24-19/h3-10H,11-16H2,1-2H3. The van der Waals surface area contributed by atoms with Crippen molar-refractivity contribution in [2.75, 3.05) is 26.2 Å². The molecular weight excluding hydrogens is 380 g/mol. The fraction of sp³-hybridized carbons (Fsp3) is 0.348. The van der Waals surface area contributed by atoms with Gasteiger partial charge >= 0.3 is 0 Å². The Bertz CT molecular complexity index is 977. The van der Waals surface area contributed by atoms with E-state index in [9.17, 15) is 4.79 Å². The minimum Gasteiger partial charge on any atom is -0.489 e. The molecule has 0 unspecified atom stereocenters. The van der Waals surface area contributed by atoms with E-state index in [0.717, 1.165) is 31.1 Å². The van der Waals surface area contributed by atoms with Crippen molar-refractivity contribution in [1.29, 1.82) is 0 Å². The first-order chi connectivity index (χ1) is 14.6. The van der Waals surface area contributed by atoms with Gasteiger partial charge in [-0.1, -0.05) is 28.9 Å². The third-order valence-electron chi connectivity index (χ3n) is 5.36. The number of amides is 1. The highest BCUT2D eigenvalue weighted by Crippen LogP contribution is 2.20. The average molecular weight is 406 g/mol. The molecule has 4 rings (SSSR count). The number of benzene rings is 1. The molecule has 2 aromatic heterocycles. The molecule has 1 saturated heterocycles. The van der Waals surface area contributed by atoms with Gasteiger partial charge in [0.1, 0.15) is 18.1 Å². The van der Waals surface area contributed by atoms with Crippen LogP contribution in [-0.2, 0) is 13.2 Å². The summed E-state index contributed by atoms with van der Waals surface area (Å²) < 4.78 is 11.2. The molecule has 0 saturated carbocycles. The van der Waals surface area contributed by atoms with Gasteiger partial charge in [-0.2, -0.15) is 0 Å². The summed E-state index contributed by atoms with van der Waals surface area (Å²) in [5.74, 6) is 1.26. The van der Waals surface area contributed by atoms with Gasteiger partial charge in [-0.05, 0) is 38.1 Å². The normalized spacial score (nSPS) is 14.7. The topological polar surface area (TPSA) is 71.7 Å². The molecule has 0 atom stereocenters. The Morgan fingerprint density at radius 3 is 2.53 bits per heavy atom. The molecule has 7 heteroatoms. The summed E-state index contributed by atoms with van der Waals surface area (Å²) in [7, 11) is 0. The molecule has 0 spiro atoms. The van der Waals surface area contributed by atoms with Crippen LogP contribution in [0.2, 0.25) is 0 Å². The molecule has 0 N–H and O–H groups in total. The average Bonchev–Trinajstić information content (AvgIpc) is 3.14. The van der Waals surface area contributed by atoms with Crippen LogP contribution in [0, 0.1) is 13.8 Å². The lowest BCUT2D eigenvalue weighted by atomic mass is 10.1. The van der Waals surface area contributed by atoms with E-state index in [1.165, 1.54) is 5.56 Å². The molecule has 156 valence electrons. The highest BCUT2D eigenvalue weighted by atomic mass is 16.5. The van der Waals surface area contributed by atoms with Gasteiger partial charge in [0.15, 0.2) is 5.69 Å². The Morgan fingerprint density at radius 2 is 1.83 bits per heavy atom. The number of aromatic nitrogens is 2. The summed E-state index contributed by atoms with van der Waals surface area (Å²) in [5, 5.41) is 4.03. The number of carbonyl (C=O) groups excluding carboxylic acids is 1. The van der Waals surface area contributed by atoms with E-state index in [-0.39, 0.29) is 12.5 Å². The second kappa shape index (κ2) is 9.09. The quantitative estimate of drug-likeness (QED) is 0.626. The third-order valence-corrected chi connectivity index (χ3v) is 5.36. The monoisotopic (exact) mass is 406 g/mol. The Hall–Kier alpha value is -3.19. The first-order valence-electron chi connectivity index (χ1n) is 10.2. The highest BCUT2D eigenvalue weighted by molar-refractivity contribution is 5.93. The van der Waals surface area contributed by atoms with Gasteiger partial charge in [0, 0.05) is 38.9 Å². The minimum absolute atomic E-state index is 0.105. The van der Waals surface area contributed by atoms with Crippen molar-refractivity contribution in [2.24, 2.45) is 0 Å². The van der Waals surface area contributed by atoms with E-state index < -0.39 is 0 Å². The van der Waals surface area contributed by atoms with Gasteiger partial charge in [-0.15, -0.1) is 0 Å². The van der Waals surface area contributed by atoms with Gasteiger partial charge < -0.3 is 14.2 Å². The van der Waals surface area contributed by atoms with Crippen molar-refractivity contribution in [3.05, 3.63) is 76.9 Å². The summed E-state index contributed by atoms with van der Waals surface area (Å²) in [6.45, 7) is 7.78. The van der Waals surface area contributed by atoms with Crippen LogP contribution in [0.4, 0.5) is 0 Å². The second-order valence-electron chi connectivity index (χ2n) is 7.56. The molecule has 1 aromatic carbocycles. The van der Waals surface area contributed by atoms with E-state index in [1.807, 2.05) is 67.4 Å². The Labute approximate surface area is 176 Å². The molecule has 1 fully saturated rings. The van der Waals surface area contributed by atoms with Gasteiger partial charge in [-0.25, -0.2) is 0 Å². The fourth-order valence-electron chi connectivity index (χ4n) is 3.50. The molecule has 1 amide bonds. The van der Waals surface area contributed by atoms with Crippen LogP contribution in [0.15, 0.2) is 53.2 Å². The van der Waals surface area contributed by atoms with Crippen LogP contribution in [-0.4, -0.2) is 52.0 Å². The van der Waals surface area contributed by atoms with Gasteiger partial charge in [0.25, 0.3) is 5.91 Å². The number of piperazine rings is 1. The van der Waals surface area contributed by atoms with Gasteiger partial charge in [-0.3, -0.25) is 14.7 Å². The Kier molecular flexibility index (Phi) is 6.09. The number of aryl methyl sites for hydroxylation is 2. The van der Waals surface area contributed by atoms with Crippen molar-refractivity contribution in [3.63, 3.8) is 0 Å². The first-order valence-corrected chi connectivity index (χ1v) is 10.2. The molecule has 0 aliphatic carbocycles. The van der Waals surface area contributed by atoms with E-state index in [0.29, 0.717) is 30.1 Å². The third kappa shape index (κ3) is 4.68. The molecular formula is C23H26N4O3. The lowest BCUT2D eigenvalue weighted by Crippen LogP contribution is -2.48. The molecule has 30 heavy (non-hydrogen) atoms. The smallest absolute Gasteiger partial charge is 0.276 e. The van der Waals surface area contributed by atoms with Crippen molar-refractivity contribution >= 4 is 5.91 Å². The molecule has 1 aliphatic rings. The number of ether oxygens (including phenoxy) is 1. The maximum Gasteiger partial charge on any atom is 0.276 e. The largest absolute Gasteiger partial charge is 0.489 e. The molecule has 0 bridgehead atoms. The Balaban J connectivity index is 1.36. The van der Waals surface area contributed by atoms with Crippen LogP contribution in [0.5, 0.6) is 5.75 Å². The summed E-state index contributed by atoms with van der Waals surface area (Å²) in [6.07, 6.45) is 1.81. The van der Waals surface area contributed by atoms with Crippen molar-refractivity contribution < 1.29 is 14.1 Å². The van der Waals surface area contributed by atoms with Crippen molar-refractivity contribution in [1.82, 2.24) is 19.9 Å². The number of rotatable bonds is 6. The molecule has 3 aromatic rings. The van der Waals surface area contributed by atoms with E-state index >= 15 is 0 Å². The van der Waals surface area contributed by atoms with Crippen LogP contribution in [0.1, 0.15) is 33.1 Å². The SMILES string of the molecule is Cc1ccc(OCc2c(C(=O)N3CCN(Cc4ccccn4)CC3)noc2C)cc1. The van der Waals surface area contributed by atoms with E-state index in [4.69, 9.17) is 9.26 Å². The number of nitrogens with zero attached hydrogens (tertiary/aromatic N) is 4. The molecule has 7 nitrogen and oxygen atoms in total. The maximum atomic E-state index is 13.1. The number of hydrogen-bond acceptors (Lipinski definition) is 6. The van der Waals surface area contributed by atoms with Crippen LogP contribution in [0.25, 0.3) is 0 Å². The van der Waals surface area contributed by atoms with Gasteiger partial charge in [0.2, 0.25) is 0 Å². The van der Waals surface area contributed by atoms with Crippen molar-refractivity contribution in [3.8, 4) is 5.75 Å². The molecule has 1 aliphatic heterocycles. The summed E-state index contributed by atoms with van der Waals surface area (Å²) in [5.41, 5.74) is 3.26. The second-order valence-corrected chi connectivity index (χ2v) is 7.56. The van der Waals surface area contributed by atoms with E-state index in [1.54, 1.807) is 0 Å².